The Balaban J connectivity index is 2.03. The van der Waals surface area contributed by atoms with Crippen LogP contribution in [0, 0.1) is 13.8 Å². The van der Waals surface area contributed by atoms with E-state index >= 15 is 0 Å². The summed E-state index contributed by atoms with van der Waals surface area (Å²) >= 11 is 0. The topological polar surface area (TPSA) is 49.8 Å². The molecule has 0 unspecified atom stereocenters. The third-order valence-corrected chi connectivity index (χ3v) is 4.19. The lowest BCUT2D eigenvalue weighted by molar-refractivity contribution is -0.00152. The number of likely N-dealkylation sites (tertiary alicyclic amines) is 1. The first kappa shape index (κ1) is 16.8. The molecule has 1 aliphatic heterocycles. The van der Waals surface area contributed by atoms with E-state index in [0.717, 1.165) is 12.0 Å². The van der Waals surface area contributed by atoms with E-state index in [4.69, 9.17) is 4.74 Å². The fraction of sp³-hybridized carbons (Fsp3) is 0.611. The van der Waals surface area contributed by atoms with Gasteiger partial charge >= 0.3 is 6.09 Å². The highest BCUT2D eigenvalue weighted by Gasteiger charge is 2.33. The minimum Gasteiger partial charge on any atom is -0.444 e. The van der Waals surface area contributed by atoms with E-state index < -0.39 is 11.7 Å². The summed E-state index contributed by atoms with van der Waals surface area (Å²) in [6, 6.07) is 6.32. The quantitative estimate of drug-likeness (QED) is 0.865. The molecule has 0 bridgehead atoms. The molecule has 0 saturated carbocycles. The number of hydrogen-bond acceptors (Lipinski definition) is 3. The standard InChI is InChI=1S/C18H27NO3/c1-12-6-7-14(10-13(12)2)15-8-9-19(11-16(15)20)17(21)22-18(3,4)5/h6-7,10,15-16,20H,8-9,11H2,1-5H3/t15-,16+/m1/s1. The average Bonchev–Trinajstić information content (AvgIpc) is 2.40. The zero-order valence-electron chi connectivity index (χ0n) is 14.2. The van der Waals surface area contributed by atoms with Gasteiger partial charge in [0.05, 0.1) is 12.6 Å². The molecule has 2 atom stereocenters. The van der Waals surface area contributed by atoms with E-state index in [0.29, 0.717) is 13.1 Å². The van der Waals surface area contributed by atoms with Gasteiger partial charge in [0.15, 0.2) is 0 Å². The monoisotopic (exact) mass is 305 g/mol. The Labute approximate surface area is 133 Å². The predicted molar refractivity (Wildman–Crippen MR) is 87.1 cm³/mol. The van der Waals surface area contributed by atoms with E-state index in [1.54, 1.807) is 4.90 Å². The Morgan fingerprint density at radius 1 is 1.27 bits per heavy atom. The molecule has 1 fully saturated rings. The number of ether oxygens (including phenoxy) is 1. The molecule has 1 aromatic rings. The summed E-state index contributed by atoms with van der Waals surface area (Å²) in [6.07, 6.45) is -0.142. The third-order valence-electron chi connectivity index (χ3n) is 4.19. The van der Waals surface area contributed by atoms with E-state index in [1.165, 1.54) is 11.1 Å². The van der Waals surface area contributed by atoms with Gasteiger partial charge in [-0.2, -0.15) is 0 Å². The molecule has 1 aromatic carbocycles. The molecule has 0 radical (unpaired) electrons. The van der Waals surface area contributed by atoms with E-state index in [1.807, 2.05) is 20.8 Å². The van der Waals surface area contributed by atoms with Gasteiger partial charge in [-0.25, -0.2) is 4.79 Å². The number of aryl methyl sites for hydroxylation is 2. The van der Waals surface area contributed by atoms with Gasteiger partial charge in [0.25, 0.3) is 0 Å². The van der Waals surface area contributed by atoms with Crippen LogP contribution in [-0.2, 0) is 4.74 Å². The molecule has 1 saturated heterocycles. The smallest absolute Gasteiger partial charge is 0.410 e. The molecular formula is C18H27NO3. The van der Waals surface area contributed by atoms with Crippen LogP contribution in [-0.4, -0.2) is 40.9 Å². The van der Waals surface area contributed by atoms with Crippen molar-refractivity contribution in [3.05, 3.63) is 34.9 Å². The third kappa shape index (κ3) is 4.01. The molecule has 22 heavy (non-hydrogen) atoms. The highest BCUT2D eigenvalue weighted by atomic mass is 16.6. The summed E-state index contributed by atoms with van der Waals surface area (Å²) in [5.41, 5.74) is 3.13. The van der Waals surface area contributed by atoms with Crippen molar-refractivity contribution < 1.29 is 14.6 Å². The molecular weight excluding hydrogens is 278 g/mol. The van der Waals surface area contributed by atoms with Crippen molar-refractivity contribution in [1.29, 1.82) is 0 Å². The van der Waals surface area contributed by atoms with E-state index in [9.17, 15) is 9.90 Å². The molecule has 122 valence electrons. The van der Waals surface area contributed by atoms with Gasteiger partial charge in [0.1, 0.15) is 5.60 Å². The van der Waals surface area contributed by atoms with Crippen LogP contribution in [0.3, 0.4) is 0 Å². The van der Waals surface area contributed by atoms with E-state index in [2.05, 4.69) is 32.0 Å². The minimum atomic E-state index is -0.552. The molecule has 0 spiro atoms. The number of piperidine rings is 1. The molecule has 0 aromatic heterocycles. The first-order valence-corrected chi connectivity index (χ1v) is 7.90. The predicted octanol–water partition coefficient (Wildman–Crippen LogP) is 3.39. The lowest BCUT2D eigenvalue weighted by Crippen LogP contribution is -2.47. The van der Waals surface area contributed by atoms with Gasteiger partial charge in [0.2, 0.25) is 0 Å². The van der Waals surface area contributed by atoms with Crippen LogP contribution in [0.2, 0.25) is 0 Å². The highest BCUT2D eigenvalue weighted by molar-refractivity contribution is 5.68. The maximum atomic E-state index is 12.1. The lowest BCUT2D eigenvalue weighted by Gasteiger charge is -2.37. The molecule has 2 rings (SSSR count). The van der Waals surface area contributed by atoms with Crippen LogP contribution < -0.4 is 0 Å². The van der Waals surface area contributed by atoms with E-state index in [-0.39, 0.29) is 12.0 Å². The summed E-state index contributed by atoms with van der Waals surface area (Å²) in [5, 5.41) is 10.5. The van der Waals surface area contributed by atoms with Crippen molar-refractivity contribution in [3.63, 3.8) is 0 Å². The normalized spacial score (nSPS) is 22.5. The number of hydrogen-bond donors (Lipinski definition) is 1. The van der Waals surface area contributed by atoms with Crippen LogP contribution in [0.4, 0.5) is 4.79 Å². The number of aliphatic hydroxyl groups excluding tert-OH is 1. The molecule has 4 nitrogen and oxygen atoms in total. The Morgan fingerprint density at radius 2 is 1.95 bits per heavy atom. The van der Waals surface area contributed by atoms with Gasteiger partial charge in [-0.05, 0) is 57.7 Å². The number of nitrogens with zero attached hydrogens (tertiary/aromatic N) is 1. The molecule has 1 N–H and O–H groups in total. The van der Waals surface area contributed by atoms with Crippen LogP contribution >= 0.6 is 0 Å². The Kier molecular flexibility index (Phi) is 4.81. The number of amides is 1. The van der Waals surface area contributed by atoms with Gasteiger partial charge in [-0.3, -0.25) is 0 Å². The van der Waals surface area contributed by atoms with Crippen molar-refractivity contribution in [1.82, 2.24) is 4.90 Å². The van der Waals surface area contributed by atoms with Crippen molar-refractivity contribution in [2.24, 2.45) is 0 Å². The van der Waals surface area contributed by atoms with Crippen LogP contribution in [0.5, 0.6) is 0 Å². The summed E-state index contributed by atoms with van der Waals surface area (Å²) in [4.78, 5) is 13.7. The van der Waals surface area contributed by atoms with Gasteiger partial charge in [-0.15, -0.1) is 0 Å². The number of β-amino-alcohol motifs (C(OH)–C–C–N with tert-alkyl or cyclic N) is 1. The summed E-state index contributed by atoms with van der Waals surface area (Å²) in [6.45, 7) is 10.7. The highest BCUT2D eigenvalue weighted by Crippen LogP contribution is 2.30. The Morgan fingerprint density at radius 3 is 2.50 bits per heavy atom. The first-order valence-electron chi connectivity index (χ1n) is 7.90. The minimum absolute atomic E-state index is 0.0815. The summed E-state index contributed by atoms with van der Waals surface area (Å²) in [7, 11) is 0. The maximum Gasteiger partial charge on any atom is 0.410 e. The van der Waals surface area contributed by atoms with Gasteiger partial charge in [0, 0.05) is 12.5 Å². The molecule has 1 aliphatic rings. The number of carbonyl (C=O) groups excluding carboxylic acids is 1. The van der Waals surface area contributed by atoms with Crippen molar-refractivity contribution in [2.45, 2.75) is 58.7 Å². The van der Waals surface area contributed by atoms with Gasteiger partial charge in [-0.1, -0.05) is 18.2 Å². The SMILES string of the molecule is Cc1ccc([C@H]2CCN(C(=O)OC(C)(C)C)C[C@@H]2O)cc1C. The summed E-state index contributed by atoms with van der Waals surface area (Å²) in [5.74, 6) is 0.0815. The van der Waals surface area contributed by atoms with Crippen LogP contribution in [0.1, 0.15) is 49.8 Å². The maximum absolute atomic E-state index is 12.1. The number of carbonyl (C=O) groups is 1. The number of benzene rings is 1. The second-order valence-corrected chi connectivity index (χ2v) is 7.23. The summed E-state index contributed by atoms with van der Waals surface area (Å²) < 4.78 is 5.38. The lowest BCUT2D eigenvalue weighted by atomic mass is 9.86. The average molecular weight is 305 g/mol. The zero-order chi connectivity index (χ0) is 16.5. The zero-order valence-corrected chi connectivity index (χ0v) is 14.2. The molecule has 1 amide bonds. The number of rotatable bonds is 1. The Bertz CT molecular complexity index is 548. The first-order chi connectivity index (χ1) is 10.2. The second-order valence-electron chi connectivity index (χ2n) is 7.23. The van der Waals surface area contributed by atoms with Gasteiger partial charge < -0.3 is 14.7 Å². The largest absolute Gasteiger partial charge is 0.444 e. The molecule has 4 heteroatoms. The number of aliphatic hydroxyl groups is 1. The fourth-order valence-electron chi connectivity index (χ4n) is 2.81. The fourth-order valence-corrected chi connectivity index (χ4v) is 2.81. The second kappa shape index (κ2) is 6.29. The molecule has 1 heterocycles. The van der Waals surface area contributed by atoms with Crippen molar-refractivity contribution >= 4 is 6.09 Å². The van der Waals surface area contributed by atoms with Crippen molar-refractivity contribution in [3.8, 4) is 0 Å². The Hall–Kier alpha value is -1.55. The molecule has 0 aliphatic carbocycles. The van der Waals surface area contributed by atoms with Crippen LogP contribution in [0.15, 0.2) is 18.2 Å². The van der Waals surface area contributed by atoms with Crippen LogP contribution in [0.25, 0.3) is 0 Å². The van der Waals surface area contributed by atoms with Crippen molar-refractivity contribution in [2.75, 3.05) is 13.1 Å².